The third-order valence-corrected chi connectivity index (χ3v) is 3.84. The van der Waals surface area contributed by atoms with Gasteiger partial charge in [-0.05, 0) is 17.7 Å². The summed E-state index contributed by atoms with van der Waals surface area (Å²) in [6, 6.07) is 4.19. The summed E-state index contributed by atoms with van der Waals surface area (Å²) < 4.78 is 2.09. The van der Waals surface area contributed by atoms with E-state index in [1.165, 1.54) is 0 Å². The van der Waals surface area contributed by atoms with Crippen LogP contribution in [-0.2, 0) is 25.0 Å². The summed E-state index contributed by atoms with van der Waals surface area (Å²) in [6.07, 6.45) is 1.79. The molecule has 0 fully saturated rings. The van der Waals surface area contributed by atoms with Gasteiger partial charge in [0, 0.05) is 30.7 Å². The second-order valence-electron chi connectivity index (χ2n) is 6.54. The highest BCUT2D eigenvalue weighted by molar-refractivity contribution is 5.44. The molecule has 2 aromatic rings. The fraction of sp³-hybridized carbons (Fsp3) is 0.533. The maximum atomic E-state index is 5.85. The Hall–Kier alpha value is -1.95. The van der Waals surface area contributed by atoms with Gasteiger partial charge in [0.2, 0.25) is 0 Å². The number of rotatable bonds is 2. The quantitative estimate of drug-likeness (QED) is 0.904. The van der Waals surface area contributed by atoms with Gasteiger partial charge in [-0.15, -0.1) is 10.2 Å². The summed E-state index contributed by atoms with van der Waals surface area (Å²) in [5, 5.41) is 8.13. The first-order valence-electron chi connectivity index (χ1n) is 7.30. The van der Waals surface area contributed by atoms with E-state index in [2.05, 4.69) is 52.6 Å². The van der Waals surface area contributed by atoms with Gasteiger partial charge >= 0.3 is 0 Å². The Morgan fingerprint density at radius 3 is 2.76 bits per heavy atom. The molecule has 1 aliphatic rings. The van der Waals surface area contributed by atoms with Crippen LogP contribution in [0.3, 0.4) is 0 Å². The van der Waals surface area contributed by atoms with Crippen molar-refractivity contribution in [1.82, 2.24) is 19.7 Å². The predicted octanol–water partition coefficient (Wildman–Crippen LogP) is 1.45. The Balaban J connectivity index is 1.95. The highest BCUT2D eigenvalue weighted by atomic mass is 15.3. The minimum absolute atomic E-state index is 0.00966. The summed E-state index contributed by atoms with van der Waals surface area (Å²) in [4.78, 5) is 7.09. The van der Waals surface area contributed by atoms with Gasteiger partial charge in [-0.1, -0.05) is 20.8 Å². The van der Waals surface area contributed by atoms with E-state index in [9.17, 15) is 0 Å². The van der Waals surface area contributed by atoms with E-state index >= 15 is 0 Å². The molecule has 2 N–H and O–H groups in total. The molecule has 112 valence electrons. The molecular formula is C15H22N6. The van der Waals surface area contributed by atoms with Gasteiger partial charge in [-0.3, -0.25) is 0 Å². The van der Waals surface area contributed by atoms with Crippen molar-refractivity contribution < 1.29 is 0 Å². The number of fused-ring (bicyclic) bond motifs is 1. The number of nitrogens with two attached hydrogens (primary N) is 1. The SMILES string of the molecule is CC(C)(C)c1cc(CN)cc(N2CCn3cnnc3C2)n1. The molecule has 0 amide bonds. The van der Waals surface area contributed by atoms with Crippen molar-refractivity contribution in [2.75, 3.05) is 11.4 Å². The zero-order valence-electron chi connectivity index (χ0n) is 12.9. The standard InChI is InChI=1S/C15H22N6/c1-15(2,3)12-6-11(8-16)7-13(18-12)20-4-5-21-10-17-19-14(21)9-20/h6-7,10H,4-5,8-9,16H2,1-3H3. The maximum absolute atomic E-state index is 5.85. The van der Waals surface area contributed by atoms with Gasteiger partial charge < -0.3 is 15.2 Å². The number of pyridine rings is 1. The molecule has 0 saturated heterocycles. The molecule has 3 rings (SSSR count). The fourth-order valence-corrected chi connectivity index (χ4v) is 2.50. The van der Waals surface area contributed by atoms with E-state index in [0.29, 0.717) is 6.54 Å². The first kappa shape index (κ1) is 14.0. The lowest BCUT2D eigenvalue weighted by molar-refractivity contribution is 0.543. The molecule has 0 bridgehead atoms. The van der Waals surface area contributed by atoms with Gasteiger partial charge in [-0.25, -0.2) is 4.98 Å². The Bertz CT molecular complexity index is 640. The summed E-state index contributed by atoms with van der Waals surface area (Å²) >= 11 is 0. The van der Waals surface area contributed by atoms with Crippen LogP contribution in [0.15, 0.2) is 18.5 Å². The number of hydrogen-bond acceptors (Lipinski definition) is 5. The summed E-state index contributed by atoms with van der Waals surface area (Å²) in [5.41, 5.74) is 8.06. The Kier molecular flexibility index (Phi) is 3.41. The Morgan fingerprint density at radius 1 is 1.24 bits per heavy atom. The molecule has 6 heteroatoms. The molecule has 0 radical (unpaired) electrons. The minimum Gasteiger partial charge on any atom is -0.347 e. The molecule has 0 aliphatic carbocycles. The molecule has 0 unspecified atom stereocenters. The van der Waals surface area contributed by atoms with Gasteiger partial charge in [0.15, 0.2) is 5.82 Å². The van der Waals surface area contributed by atoms with Gasteiger partial charge in [0.25, 0.3) is 0 Å². The van der Waals surface area contributed by atoms with Crippen LogP contribution in [-0.4, -0.2) is 26.3 Å². The molecule has 2 aromatic heterocycles. The minimum atomic E-state index is 0.00966. The zero-order chi connectivity index (χ0) is 15.0. The van der Waals surface area contributed by atoms with Crippen LogP contribution in [0.5, 0.6) is 0 Å². The van der Waals surface area contributed by atoms with E-state index in [-0.39, 0.29) is 5.41 Å². The first-order valence-corrected chi connectivity index (χ1v) is 7.30. The topological polar surface area (TPSA) is 72.9 Å². The van der Waals surface area contributed by atoms with Crippen LogP contribution in [0.1, 0.15) is 37.9 Å². The Labute approximate surface area is 125 Å². The van der Waals surface area contributed by atoms with Crippen LogP contribution < -0.4 is 10.6 Å². The number of anilines is 1. The van der Waals surface area contributed by atoms with Crippen molar-refractivity contribution in [3.8, 4) is 0 Å². The predicted molar refractivity (Wildman–Crippen MR) is 81.9 cm³/mol. The lowest BCUT2D eigenvalue weighted by Crippen LogP contribution is -2.34. The van der Waals surface area contributed by atoms with Gasteiger partial charge in [-0.2, -0.15) is 0 Å². The first-order chi connectivity index (χ1) is 9.97. The smallest absolute Gasteiger partial charge is 0.152 e. The summed E-state index contributed by atoms with van der Waals surface area (Å²) in [6.45, 7) is 9.59. The number of aromatic nitrogens is 4. The summed E-state index contributed by atoms with van der Waals surface area (Å²) in [5.74, 6) is 1.97. The average Bonchev–Trinajstić information content (AvgIpc) is 2.93. The van der Waals surface area contributed by atoms with E-state index in [1.54, 1.807) is 6.33 Å². The lowest BCUT2D eigenvalue weighted by atomic mass is 9.90. The van der Waals surface area contributed by atoms with Crippen LogP contribution in [0.2, 0.25) is 0 Å². The normalized spacial score (nSPS) is 15.1. The van der Waals surface area contributed by atoms with Crippen LogP contribution in [0.4, 0.5) is 5.82 Å². The van der Waals surface area contributed by atoms with Gasteiger partial charge in [0.1, 0.15) is 12.1 Å². The third kappa shape index (κ3) is 2.76. The van der Waals surface area contributed by atoms with Gasteiger partial charge in [0.05, 0.1) is 6.54 Å². The highest BCUT2D eigenvalue weighted by Gasteiger charge is 2.22. The third-order valence-electron chi connectivity index (χ3n) is 3.84. The van der Waals surface area contributed by atoms with E-state index in [4.69, 9.17) is 10.7 Å². The van der Waals surface area contributed by atoms with Crippen molar-refractivity contribution in [3.05, 3.63) is 35.5 Å². The molecule has 6 nitrogen and oxygen atoms in total. The van der Waals surface area contributed by atoms with Crippen molar-refractivity contribution in [2.45, 2.75) is 45.8 Å². The molecule has 0 atom stereocenters. The van der Waals surface area contributed by atoms with E-state index in [0.717, 1.165) is 42.5 Å². The monoisotopic (exact) mass is 286 g/mol. The van der Waals surface area contributed by atoms with Crippen LogP contribution in [0.25, 0.3) is 0 Å². The van der Waals surface area contributed by atoms with E-state index < -0.39 is 0 Å². The average molecular weight is 286 g/mol. The van der Waals surface area contributed by atoms with Crippen LogP contribution in [0, 0.1) is 0 Å². The lowest BCUT2D eigenvalue weighted by Gasteiger charge is -2.30. The molecule has 21 heavy (non-hydrogen) atoms. The number of nitrogens with zero attached hydrogens (tertiary/aromatic N) is 5. The highest BCUT2D eigenvalue weighted by Crippen LogP contribution is 2.26. The van der Waals surface area contributed by atoms with E-state index in [1.807, 2.05) is 0 Å². The van der Waals surface area contributed by atoms with Crippen molar-refractivity contribution >= 4 is 5.82 Å². The molecule has 0 spiro atoms. The zero-order valence-corrected chi connectivity index (χ0v) is 12.9. The summed E-state index contributed by atoms with van der Waals surface area (Å²) in [7, 11) is 0. The van der Waals surface area contributed by atoms with Crippen molar-refractivity contribution in [1.29, 1.82) is 0 Å². The second kappa shape index (κ2) is 5.11. The molecule has 3 heterocycles. The Morgan fingerprint density at radius 2 is 2.05 bits per heavy atom. The maximum Gasteiger partial charge on any atom is 0.152 e. The van der Waals surface area contributed by atoms with Crippen molar-refractivity contribution in [2.24, 2.45) is 5.73 Å². The molecule has 0 aromatic carbocycles. The molecule has 0 saturated carbocycles. The molecule has 1 aliphatic heterocycles. The molecular weight excluding hydrogens is 264 g/mol. The van der Waals surface area contributed by atoms with Crippen molar-refractivity contribution in [3.63, 3.8) is 0 Å². The van der Waals surface area contributed by atoms with Crippen LogP contribution >= 0.6 is 0 Å². The number of hydrogen-bond donors (Lipinski definition) is 1. The fourth-order valence-electron chi connectivity index (χ4n) is 2.50. The largest absolute Gasteiger partial charge is 0.347 e. The second-order valence-corrected chi connectivity index (χ2v) is 6.54.